The summed E-state index contributed by atoms with van der Waals surface area (Å²) < 4.78 is 52.6. The van der Waals surface area contributed by atoms with E-state index in [9.17, 15) is 14.7 Å². The molecule has 0 bridgehead atoms. The van der Waals surface area contributed by atoms with E-state index in [0.717, 1.165) is 0 Å². The predicted molar refractivity (Wildman–Crippen MR) is 64.3 cm³/mol. The number of hydrogen-bond acceptors (Lipinski definition) is 4. The van der Waals surface area contributed by atoms with Crippen molar-refractivity contribution in [2.75, 3.05) is 0 Å². The average Bonchev–Trinajstić information content (AvgIpc) is 2.16. The third-order valence-corrected chi connectivity index (χ3v) is 22.1. The van der Waals surface area contributed by atoms with E-state index < -0.39 is 30.0 Å². The van der Waals surface area contributed by atoms with Crippen LogP contribution in [0.15, 0.2) is 0 Å². The van der Waals surface area contributed by atoms with Crippen molar-refractivity contribution in [2.45, 2.75) is 73.1 Å². The summed E-state index contributed by atoms with van der Waals surface area (Å²) in [6, 6.07) is 0. The molecule has 0 heterocycles. The monoisotopic (exact) mass is 354 g/mol. The Balaban J connectivity index is 7.01. The van der Waals surface area contributed by atoms with E-state index in [1.165, 1.54) is 0 Å². The summed E-state index contributed by atoms with van der Waals surface area (Å²) in [5, 5.41) is -2.49. The Hall–Kier alpha value is -0.0566. The van der Waals surface area contributed by atoms with Gasteiger partial charge in [0.05, 0.1) is 0 Å². The summed E-state index contributed by atoms with van der Waals surface area (Å²) in [4.78, 5) is 0. The molecule has 0 radical (unpaired) electrons. The maximum atomic E-state index is 13.6. The maximum absolute atomic E-state index is 13.6. The first-order valence-corrected chi connectivity index (χ1v) is 14.2. The van der Waals surface area contributed by atoms with Crippen molar-refractivity contribution >= 4 is 0 Å². The molecule has 0 rings (SSSR count). The fraction of sp³-hybridized carbons (Fsp3) is 1.00. The third-order valence-electron chi connectivity index (χ3n) is 3.97. The summed E-state index contributed by atoms with van der Waals surface area (Å²) in [6.07, 6.45) is 0.0996. The molecule has 0 aromatic heterocycles. The van der Waals surface area contributed by atoms with Gasteiger partial charge >= 0.3 is 104 Å². The van der Waals surface area contributed by atoms with Crippen LogP contribution < -0.4 is 9.67 Å². The average molecular weight is 353 g/mol. The van der Waals surface area contributed by atoms with Crippen LogP contribution in [-0.4, -0.2) is 4.64 Å². The van der Waals surface area contributed by atoms with E-state index in [1.54, 1.807) is 27.7 Å². The second-order valence-corrected chi connectivity index (χ2v) is 24.1. The molecule has 0 aliphatic rings. The SMILES string of the molecule is CC[CH2][Ru](=[O])(=[O])(=[O])([O-])([CH2]CC)([CH2]CC)[CH]([NH3+])CC. The van der Waals surface area contributed by atoms with Gasteiger partial charge in [0.2, 0.25) is 0 Å². The first-order chi connectivity index (χ1) is 7.68. The summed E-state index contributed by atoms with van der Waals surface area (Å²) in [6.45, 7) is 6.25. The number of quaternary nitrogens is 1. The van der Waals surface area contributed by atoms with Crippen molar-refractivity contribution in [2.24, 2.45) is 0 Å². The van der Waals surface area contributed by atoms with Crippen LogP contribution in [0, 0.1) is 0 Å². The van der Waals surface area contributed by atoms with Gasteiger partial charge in [0.25, 0.3) is 0 Å². The topological polar surface area (TPSA) is 102 Å². The van der Waals surface area contributed by atoms with E-state index in [1.807, 2.05) is 0 Å². The molecule has 0 aromatic rings. The Labute approximate surface area is 104 Å². The predicted octanol–water partition coefficient (Wildman–Crippen LogP) is 2.06. The van der Waals surface area contributed by atoms with Crippen molar-refractivity contribution in [1.82, 2.24) is 0 Å². The Morgan fingerprint density at radius 1 is 0.889 bits per heavy atom. The minimum atomic E-state index is -8.87. The Morgan fingerprint density at radius 3 is 1.33 bits per heavy atom. The number of hydrogen-bond donors (Lipinski definition) is 1. The zero-order chi connectivity index (χ0) is 14.9. The second kappa shape index (κ2) is 2.99. The quantitative estimate of drug-likeness (QED) is 0.675. The molecule has 0 saturated heterocycles. The molecule has 0 fully saturated rings. The third kappa shape index (κ3) is 2.23. The molecule has 1 atom stereocenters. The van der Waals surface area contributed by atoms with E-state index in [-0.39, 0.29) is 25.7 Å². The molecule has 0 saturated carbocycles. The summed E-state index contributed by atoms with van der Waals surface area (Å²) in [5.41, 5.74) is 3.49. The standard InChI is InChI=1S/C3H9N.3C3H7.4O.Ru/c1-2-3-4;3*1-3-2;;;;;/h3H,2H2,1,4H3;3*1,3H2,2H3;;;;;/q+1;;;;;;;-1;. The molecule has 115 valence electrons. The van der Waals surface area contributed by atoms with E-state index in [4.69, 9.17) is 0 Å². The zero-order valence-corrected chi connectivity index (χ0v) is 14.0. The van der Waals surface area contributed by atoms with Crippen LogP contribution >= 0.6 is 0 Å². The van der Waals surface area contributed by atoms with E-state index in [0.29, 0.717) is 0 Å². The van der Waals surface area contributed by atoms with Crippen LogP contribution in [0.1, 0.15) is 53.4 Å². The van der Waals surface area contributed by atoms with Gasteiger partial charge < -0.3 is 0 Å². The van der Waals surface area contributed by atoms with Gasteiger partial charge in [0, 0.05) is 0 Å². The molecule has 0 aliphatic heterocycles. The molecule has 6 heteroatoms. The van der Waals surface area contributed by atoms with Crippen LogP contribution in [-0.2, 0) is 21.0 Å². The van der Waals surface area contributed by atoms with Crippen LogP contribution in [0.4, 0.5) is 0 Å². The van der Waals surface area contributed by atoms with Crippen LogP contribution in [0.25, 0.3) is 0 Å². The molecule has 18 heavy (non-hydrogen) atoms. The number of rotatable bonds is 8. The molecule has 0 spiro atoms. The molecular weight excluding hydrogens is 323 g/mol. The van der Waals surface area contributed by atoms with Gasteiger partial charge in [-0.1, -0.05) is 0 Å². The first kappa shape index (κ1) is 17.9. The zero-order valence-electron chi connectivity index (χ0n) is 12.2. The molecule has 0 aliphatic carbocycles. The fourth-order valence-electron chi connectivity index (χ4n) is 3.16. The second-order valence-electron chi connectivity index (χ2n) is 5.89. The van der Waals surface area contributed by atoms with Crippen molar-refractivity contribution in [3.8, 4) is 0 Å². The molecule has 5 nitrogen and oxygen atoms in total. The van der Waals surface area contributed by atoms with Gasteiger partial charge in [0.1, 0.15) is 0 Å². The van der Waals surface area contributed by atoms with Crippen LogP contribution in [0.2, 0.25) is 15.0 Å². The van der Waals surface area contributed by atoms with Gasteiger partial charge in [-0.25, -0.2) is 0 Å². The van der Waals surface area contributed by atoms with Gasteiger partial charge in [0.15, 0.2) is 0 Å². The van der Waals surface area contributed by atoms with Crippen molar-refractivity contribution in [3.63, 3.8) is 0 Å². The van der Waals surface area contributed by atoms with Gasteiger partial charge in [-0.3, -0.25) is 0 Å². The van der Waals surface area contributed by atoms with Crippen molar-refractivity contribution in [3.05, 3.63) is 0 Å². The van der Waals surface area contributed by atoms with Crippen LogP contribution in [0.5, 0.6) is 0 Å². The minimum absolute atomic E-state index is 0.0317. The van der Waals surface area contributed by atoms with Gasteiger partial charge in [-0.15, -0.1) is 0 Å². The molecule has 1 unspecified atom stereocenters. The van der Waals surface area contributed by atoms with Gasteiger partial charge in [-0.05, 0) is 0 Å². The normalized spacial score (nSPS) is 23.2. The summed E-state index contributed by atoms with van der Waals surface area (Å²) in [5.74, 6) is 0. The van der Waals surface area contributed by atoms with Gasteiger partial charge in [-0.2, -0.15) is 0 Å². The van der Waals surface area contributed by atoms with Crippen molar-refractivity contribution in [1.29, 1.82) is 0 Å². The van der Waals surface area contributed by atoms with Crippen LogP contribution in [0.3, 0.4) is 0 Å². The molecule has 3 N–H and O–H groups in total. The molecule has 0 aromatic carbocycles. The van der Waals surface area contributed by atoms with Crippen molar-refractivity contribution < 1.29 is 30.7 Å². The Bertz CT molecular complexity index is 629. The molecule has 0 amide bonds. The Morgan fingerprint density at radius 2 is 1.17 bits per heavy atom. The van der Waals surface area contributed by atoms with E-state index >= 15 is 0 Å². The summed E-state index contributed by atoms with van der Waals surface area (Å²) in [7, 11) is -8.87. The summed E-state index contributed by atoms with van der Waals surface area (Å²) >= 11 is 0. The first-order valence-electron chi connectivity index (χ1n) is 6.68. The fourth-order valence-corrected chi connectivity index (χ4v) is 18.7. The molecular formula is C12H30NO4Ru. The van der Waals surface area contributed by atoms with E-state index in [2.05, 4.69) is 5.73 Å². The Kier molecular flexibility index (Phi) is 2.98.